The lowest BCUT2D eigenvalue weighted by molar-refractivity contribution is -0.148. The molecule has 1 atom stereocenters. The average molecular weight is 283 g/mol. The van der Waals surface area contributed by atoms with E-state index < -0.39 is 0 Å². The van der Waals surface area contributed by atoms with Crippen molar-refractivity contribution in [1.82, 2.24) is 15.1 Å². The van der Waals surface area contributed by atoms with Crippen LogP contribution in [0.2, 0.25) is 0 Å². The second-order valence-electron chi connectivity index (χ2n) is 5.76. The average Bonchev–Trinajstić information content (AvgIpc) is 2.45. The minimum Gasteiger partial charge on any atom is -0.347 e. The Kier molecular flexibility index (Phi) is 6.99. The van der Waals surface area contributed by atoms with Gasteiger partial charge in [0, 0.05) is 39.6 Å². The maximum Gasteiger partial charge on any atom is 0.246 e. The molecule has 1 aliphatic rings. The van der Waals surface area contributed by atoms with Crippen molar-refractivity contribution in [2.24, 2.45) is 5.92 Å². The molecule has 116 valence electrons. The first-order chi connectivity index (χ1) is 9.52. The first-order valence-electron chi connectivity index (χ1n) is 7.75. The number of carbonyl (C=O) groups excluding carboxylic acids is 2. The molecule has 0 aliphatic carbocycles. The Labute approximate surface area is 122 Å². The molecular weight excluding hydrogens is 254 g/mol. The van der Waals surface area contributed by atoms with E-state index in [2.05, 4.69) is 19.2 Å². The molecular formula is C15H29N3O2. The third kappa shape index (κ3) is 4.20. The van der Waals surface area contributed by atoms with Crippen molar-refractivity contribution in [3.8, 4) is 0 Å². The number of hydrogen-bond acceptors (Lipinski definition) is 3. The number of amides is 2. The van der Waals surface area contributed by atoms with Gasteiger partial charge < -0.3 is 15.1 Å². The number of likely N-dealkylation sites (N-methyl/N-ethyl adjacent to an activating group) is 1. The second-order valence-corrected chi connectivity index (χ2v) is 5.76. The van der Waals surface area contributed by atoms with Crippen molar-refractivity contribution in [2.75, 3.05) is 33.7 Å². The Balaban J connectivity index is 2.82. The number of carbonyl (C=O) groups is 2. The van der Waals surface area contributed by atoms with E-state index in [9.17, 15) is 9.59 Å². The lowest BCUT2D eigenvalue weighted by atomic mass is 9.95. The lowest BCUT2D eigenvalue weighted by Gasteiger charge is -2.38. The summed E-state index contributed by atoms with van der Waals surface area (Å²) in [6.07, 6.45) is 3.85. The van der Waals surface area contributed by atoms with Gasteiger partial charge in [0.1, 0.15) is 6.04 Å². The summed E-state index contributed by atoms with van der Waals surface area (Å²) in [6, 6.07) is -0.345. The lowest BCUT2D eigenvalue weighted by Crippen LogP contribution is -2.60. The van der Waals surface area contributed by atoms with E-state index in [4.69, 9.17) is 0 Å². The van der Waals surface area contributed by atoms with E-state index in [1.54, 1.807) is 23.9 Å². The highest BCUT2D eigenvalue weighted by molar-refractivity contribution is 5.88. The number of nitrogens with one attached hydrogen (secondary N) is 1. The number of hydrogen-bond donors (Lipinski definition) is 1. The molecule has 1 N–H and O–H groups in total. The summed E-state index contributed by atoms with van der Waals surface area (Å²) in [6.45, 7) is 6.18. The Hall–Kier alpha value is -1.10. The number of piperazine rings is 1. The topological polar surface area (TPSA) is 52.7 Å². The molecule has 0 spiro atoms. The summed E-state index contributed by atoms with van der Waals surface area (Å²) in [4.78, 5) is 28.4. The standard InChI is InChI=1S/C15H29N3O2/c1-5-7-12(8-6-2)14(19)18-10-9-16-11-13(18)15(20)17(3)4/h12-13,16H,5-11H2,1-4H3. The minimum atomic E-state index is -0.345. The van der Waals surface area contributed by atoms with Gasteiger partial charge >= 0.3 is 0 Å². The Morgan fingerprint density at radius 3 is 2.35 bits per heavy atom. The van der Waals surface area contributed by atoms with Gasteiger partial charge in [-0.05, 0) is 12.8 Å². The van der Waals surface area contributed by atoms with Crippen LogP contribution >= 0.6 is 0 Å². The molecule has 0 aromatic carbocycles. The molecule has 5 nitrogen and oxygen atoms in total. The van der Waals surface area contributed by atoms with Crippen LogP contribution in [0.4, 0.5) is 0 Å². The van der Waals surface area contributed by atoms with Gasteiger partial charge in [0.25, 0.3) is 0 Å². The molecule has 0 bridgehead atoms. The molecule has 0 saturated carbocycles. The molecule has 5 heteroatoms. The summed E-state index contributed by atoms with van der Waals surface area (Å²) in [5.41, 5.74) is 0. The van der Waals surface area contributed by atoms with Crippen LogP contribution in [0, 0.1) is 5.92 Å². The van der Waals surface area contributed by atoms with Crippen LogP contribution in [-0.2, 0) is 9.59 Å². The maximum atomic E-state index is 12.7. The first-order valence-corrected chi connectivity index (χ1v) is 7.75. The quantitative estimate of drug-likeness (QED) is 0.794. The molecule has 1 unspecified atom stereocenters. The van der Waals surface area contributed by atoms with Gasteiger partial charge in [-0.15, -0.1) is 0 Å². The molecule has 2 amide bonds. The molecule has 20 heavy (non-hydrogen) atoms. The van der Waals surface area contributed by atoms with Crippen molar-refractivity contribution in [3.63, 3.8) is 0 Å². The highest BCUT2D eigenvalue weighted by Crippen LogP contribution is 2.19. The third-order valence-electron chi connectivity index (χ3n) is 3.88. The van der Waals surface area contributed by atoms with Crippen LogP contribution in [0.5, 0.6) is 0 Å². The summed E-state index contributed by atoms with van der Waals surface area (Å²) in [5, 5.41) is 3.22. The smallest absolute Gasteiger partial charge is 0.246 e. The highest BCUT2D eigenvalue weighted by atomic mass is 16.2. The van der Waals surface area contributed by atoms with E-state index >= 15 is 0 Å². The molecule has 1 saturated heterocycles. The van der Waals surface area contributed by atoms with Crippen LogP contribution < -0.4 is 5.32 Å². The van der Waals surface area contributed by atoms with Crippen molar-refractivity contribution in [3.05, 3.63) is 0 Å². The molecule has 0 aromatic heterocycles. The maximum absolute atomic E-state index is 12.7. The molecule has 1 rings (SSSR count). The molecule has 1 heterocycles. The number of nitrogens with zero attached hydrogens (tertiary/aromatic N) is 2. The van der Waals surface area contributed by atoms with Gasteiger partial charge in [0.05, 0.1) is 0 Å². The zero-order valence-corrected chi connectivity index (χ0v) is 13.3. The van der Waals surface area contributed by atoms with Gasteiger partial charge in [-0.3, -0.25) is 9.59 Å². The third-order valence-corrected chi connectivity index (χ3v) is 3.88. The SMILES string of the molecule is CCCC(CCC)C(=O)N1CCNCC1C(=O)N(C)C. The molecule has 0 aromatic rings. The zero-order chi connectivity index (χ0) is 15.1. The monoisotopic (exact) mass is 283 g/mol. The molecule has 1 aliphatic heterocycles. The summed E-state index contributed by atoms with van der Waals surface area (Å²) in [7, 11) is 3.49. The fraction of sp³-hybridized carbons (Fsp3) is 0.867. The highest BCUT2D eigenvalue weighted by Gasteiger charge is 2.35. The van der Waals surface area contributed by atoms with Gasteiger partial charge in [0.15, 0.2) is 0 Å². The van der Waals surface area contributed by atoms with Crippen LogP contribution in [0.3, 0.4) is 0 Å². The fourth-order valence-corrected chi connectivity index (χ4v) is 2.81. The van der Waals surface area contributed by atoms with Crippen molar-refractivity contribution >= 4 is 11.8 Å². The Morgan fingerprint density at radius 2 is 1.85 bits per heavy atom. The first kappa shape index (κ1) is 17.0. The predicted molar refractivity (Wildman–Crippen MR) is 80.4 cm³/mol. The predicted octanol–water partition coefficient (Wildman–Crippen LogP) is 1.09. The van der Waals surface area contributed by atoms with Crippen LogP contribution in [0.25, 0.3) is 0 Å². The molecule has 0 radical (unpaired) electrons. The Bertz CT molecular complexity index is 325. The zero-order valence-electron chi connectivity index (χ0n) is 13.3. The summed E-state index contributed by atoms with van der Waals surface area (Å²) in [5.74, 6) is 0.244. The van der Waals surface area contributed by atoms with Gasteiger partial charge in [-0.2, -0.15) is 0 Å². The normalized spacial score (nSPS) is 19.2. The number of rotatable bonds is 6. The second kappa shape index (κ2) is 8.25. The van der Waals surface area contributed by atoms with Crippen LogP contribution in [0.1, 0.15) is 39.5 Å². The van der Waals surface area contributed by atoms with E-state index in [1.807, 2.05) is 0 Å². The largest absolute Gasteiger partial charge is 0.347 e. The van der Waals surface area contributed by atoms with Gasteiger partial charge in [-0.1, -0.05) is 26.7 Å². The van der Waals surface area contributed by atoms with Gasteiger partial charge in [0.2, 0.25) is 11.8 Å². The van der Waals surface area contributed by atoms with E-state index in [0.29, 0.717) is 13.1 Å². The summed E-state index contributed by atoms with van der Waals surface area (Å²) >= 11 is 0. The van der Waals surface area contributed by atoms with E-state index in [1.165, 1.54) is 0 Å². The molecule has 1 fully saturated rings. The van der Waals surface area contributed by atoms with E-state index in [-0.39, 0.29) is 23.8 Å². The Morgan fingerprint density at radius 1 is 1.25 bits per heavy atom. The van der Waals surface area contributed by atoms with E-state index in [0.717, 1.165) is 32.2 Å². The van der Waals surface area contributed by atoms with Gasteiger partial charge in [-0.25, -0.2) is 0 Å². The fourth-order valence-electron chi connectivity index (χ4n) is 2.81. The van der Waals surface area contributed by atoms with Crippen molar-refractivity contribution in [2.45, 2.75) is 45.6 Å². The minimum absolute atomic E-state index is 0.0114. The van der Waals surface area contributed by atoms with Crippen molar-refractivity contribution < 1.29 is 9.59 Å². The van der Waals surface area contributed by atoms with Crippen molar-refractivity contribution in [1.29, 1.82) is 0 Å². The van der Waals surface area contributed by atoms with Crippen LogP contribution in [-0.4, -0.2) is 61.4 Å². The summed E-state index contributed by atoms with van der Waals surface area (Å²) < 4.78 is 0. The van der Waals surface area contributed by atoms with Crippen LogP contribution in [0.15, 0.2) is 0 Å².